The fraction of sp³-hybridized carbons (Fsp3) is 0. The molecule has 0 N–H and O–H groups in total. The van der Waals surface area contributed by atoms with Gasteiger partial charge in [-0.1, -0.05) is 158 Å². The lowest BCUT2D eigenvalue weighted by Crippen LogP contribution is -2.06. The zero-order valence-corrected chi connectivity index (χ0v) is 29.2. The van der Waals surface area contributed by atoms with Crippen molar-refractivity contribution in [2.24, 2.45) is 0 Å². The Balaban J connectivity index is 1.28. The molecule has 3 heterocycles. The molecule has 262 valence electrons. The summed E-state index contributed by atoms with van der Waals surface area (Å²) in [5, 5.41) is -0.710. The lowest BCUT2D eigenvalue weighted by atomic mass is 10.0. The number of rotatable bonds is 6. The van der Waals surface area contributed by atoms with Crippen LogP contribution in [0.1, 0.15) is 19.2 Å². The van der Waals surface area contributed by atoms with E-state index in [1.807, 2.05) is 60.7 Å². The standard InChI is InChI=1S/C51H33N5/c1-4-14-34(15-5-1)35-24-26-37(27-25-35)50-52-49(36-16-6-2-7-17-36)53-51(54-50)56-46-23-13-10-20-41(46)43-30-28-39(33-48(43)56)38-29-31-47-44(32-38)42-21-11-12-22-45(42)55(47)40-18-8-3-9-19-40/h1-33H/i10D,11D,12D,13D,20D,21D,22D,23D,28D,29D,30D,31D,32D,33D. The van der Waals surface area contributed by atoms with Crippen LogP contribution in [-0.2, 0) is 0 Å². The lowest BCUT2D eigenvalue weighted by Gasteiger charge is -2.12. The SMILES string of the molecule is [2H]c1c([2H])c([2H])c2c(c1[2H])c1c([2H])c(-c3c([2H])c([2H])c4c5c([2H])c([2H])c([2H])c([2H])c5n(-c5nc(-c6ccccc6)nc(-c6ccc(-c7ccccc7)cc6)n5)c4c3[2H])c([2H])c([2H])c1n2-c1ccccc1. The molecule has 0 amide bonds. The van der Waals surface area contributed by atoms with Crippen LogP contribution in [0.3, 0.4) is 0 Å². The average molecular weight is 730 g/mol. The fourth-order valence-electron chi connectivity index (χ4n) is 7.06. The second-order valence-electron chi connectivity index (χ2n) is 13.0. The van der Waals surface area contributed by atoms with Crippen LogP contribution in [0.2, 0.25) is 0 Å². The van der Waals surface area contributed by atoms with Crippen molar-refractivity contribution in [1.82, 2.24) is 24.1 Å². The fourth-order valence-corrected chi connectivity index (χ4v) is 7.06. The minimum absolute atomic E-state index is 0.0578. The van der Waals surface area contributed by atoms with E-state index < -0.39 is 95.7 Å². The van der Waals surface area contributed by atoms with E-state index in [2.05, 4.69) is 0 Å². The molecule has 56 heavy (non-hydrogen) atoms. The quantitative estimate of drug-likeness (QED) is 0.171. The summed E-state index contributed by atoms with van der Waals surface area (Å²) in [6.07, 6.45) is 0. The van der Waals surface area contributed by atoms with Crippen LogP contribution in [0.25, 0.3) is 100 Å². The van der Waals surface area contributed by atoms with Gasteiger partial charge < -0.3 is 4.57 Å². The van der Waals surface area contributed by atoms with E-state index in [4.69, 9.17) is 23.2 Å². The molecule has 11 rings (SSSR count). The van der Waals surface area contributed by atoms with Crippen LogP contribution in [-0.4, -0.2) is 24.1 Å². The number of hydrogen-bond acceptors (Lipinski definition) is 3. The highest BCUT2D eigenvalue weighted by molar-refractivity contribution is 6.12. The first kappa shape index (κ1) is 20.7. The summed E-state index contributed by atoms with van der Waals surface area (Å²) in [6.45, 7) is 0. The highest BCUT2D eigenvalue weighted by atomic mass is 15.2. The Bertz CT molecular complexity index is 4030. The van der Waals surface area contributed by atoms with Crippen LogP contribution >= 0.6 is 0 Å². The third-order valence-corrected chi connectivity index (χ3v) is 9.69. The molecule has 0 aliphatic rings. The molecule has 0 aliphatic heterocycles. The third kappa shape index (κ3) is 5.29. The van der Waals surface area contributed by atoms with Gasteiger partial charge in [-0.25, -0.2) is 4.98 Å². The van der Waals surface area contributed by atoms with Crippen molar-refractivity contribution in [1.29, 1.82) is 0 Å². The predicted molar refractivity (Wildman–Crippen MR) is 230 cm³/mol. The third-order valence-electron chi connectivity index (χ3n) is 9.69. The number of hydrogen-bond donors (Lipinski definition) is 0. The molecule has 0 atom stereocenters. The largest absolute Gasteiger partial charge is 0.309 e. The van der Waals surface area contributed by atoms with Gasteiger partial charge in [-0.15, -0.1) is 0 Å². The number of benzene rings is 8. The van der Waals surface area contributed by atoms with Gasteiger partial charge in [0.1, 0.15) is 0 Å². The Morgan fingerprint density at radius 3 is 1.52 bits per heavy atom. The monoisotopic (exact) mass is 729 g/mol. The summed E-state index contributed by atoms with van der Waals surface area (Å²) in [5.41, 5.74) is 1.83. The molecule has 5 heteroatoms. The first-order valence-electron chi connectivity index (χ1n) is 24.7. The number of fused-ring (bicyclic) bond motifs is 6. The normalized spacial score (nSPS) is 15.1. The Morgan fingerprint density at radius 2 is 0.821 bits per heavy atom. The lowest BCUT2D eigenvalue weighted by molar-refractivity contribution is 0.953. The maximum atomic E-state index is 10.1. The summed E-state index contributed by atoms with van der Waals surface area (Å²) < 4.78 is 132. The molecule has 0 unspecified atom stereocenters. The molecular weight excluding hydrogens is 683 g/mol. The Hall–Kier alpha value is -7.63. The van der Waals surface area contributed by atoms with E-state index in [-0.39, 0.29) is 61.2 Å². The highest BCUT2D eigenvalue weighted by Gasteiger charge is 2.19. The topological polar surface area (TPSA) is 48.5 Å². The van der Waals surface area contributed by atoms with Crippen molar-refractivity contribution in [2.45, 2.75) is 0 Å². The molecular formula is C51H33N5. The van der Waals surface area contributed by atoms with Gasteiger partial charge in [-0.05, 0) is 64.6 Å². The first-order valence-corrected chi connectivity index (χ1v) is 17.7. The van der Waals surface area contributed by atoms with E-state index in [9.17, 15) is 11.0 Å². The minimum atomic E-state index is -0.696. The molecule has 0 saturated heterocycles. The van der Waals surface area contributed by atoms with Crippen molar-refractivity contribution in [3.63, 3.8) is 0 Å². The van der Waals surface area contributed by atoms with E-state index in [0.29, 0.717) is 16.8 Å². The predicted octanol–water partition coefficient (Wildman–Crippen LogP) is 12.7. The molecule has 0 saturated carbocycles. The second kappa shape index (κ2) is 13.0. The molecule has 5 nitrogen and oxygen atoms in total. The van der Waals surface area contributed by atoms with Crippen molar-refractivity contribution in [3.05, 3.63) is 200 Å². The maximum absolute atomic E-state index is 10.1. The molecule has 8 aromatic carbocycles. The average Bonchev–Trinajstić information content (AvgIpc) is 3.95. The van der Waals surface area contributed by atoms with Gasteiger partial charge in [0, 0.05) is 38.4 Å². The molecule has 0 spiro atoms. The van der Waals surface area contributed by atoms with Crippen molar-refractivity contribution in [2.75, 3.05) is 0 Å². The van der Waals surface area contributed by atoms with Crippen molar-refractivity contribution >= 4 is 43.6 Å². The van der Waals surface area contributed by atoms with Gasteiger partial charge in [-0.2, -0.15) is 9.97 Å². The summed E-state index contributed by atoms with van der Waals surface area (Å²) in [6, 6.07) is 26.4. The molecule has 3 aromatic heterocycles. The number of para-hydroxylation sites is 3. The van der Waals surface area contributed by atoms with Crippen molar-refractivity contribution < 1.29 is 19.2 Å². The minimum Gasteiger partial charge on any atom is -0.309 e. The zero-order chi connectivity index (χ0) is 49.2. The summed E-state index contributed by atoms with van der Waals surface area (Å²) in [7, 11) is 0. The summed E-state index contributed by atoms with van der Waals surface area (Å²) >= 11 is 0. The smallest absolute Gasteiger partial charge is 0.238 e. The van der Waals surface area contributed by atoms with E-state index in [0.717, 1.165) is 11.1 Å². The highest BCUT2D eigenvalue weighted by Crippen LogP contribution is 2.38. The summed E-state index contributed by atoms with van der Waals surface area (Å²) in [5.74, 6) is 0.0947. The summed E-state index contributed by atoms with van der Waals surface area (Å²) in [4.78, 5) is 14.6. The maximum Gasteiger partial charge on any atom is 0.238 e. The second-order valence-corrected chi connectivity index (χ2v) is 13.0. The Kier molecular flexibility index (Phi) is 4.83. The Labute approximate surface area is 343 Å². The van der Waals surface area contributed by atoms with Gasteiger partial charge >= 0.3 is 0 Å². The molecule has 0 aliphatic carbocycles. The van der Waals surface area contributed by atoms with Gasteiger partial charge in [-0.3, -0.25) is 4.57 Å². The van der Waals surface area contributed by atoms with Gasteiger partial charge in [0.15, 0.2) is 11.6 Å². The Morgan fingerprint density at radius 1 is 0.339 bits per heavy atom. The van der Waals surface area contributed by atoms with Crippen LogP contribution in [0, 0.1) is 0 Å². The van der Waals surface area contributed by atoms with Crippen LogP contribution in [0.5, 0.6) is 0 Å². The molecule has 11 aromatic rings. The first-order chi connectivity index (χ1) is 33.6. The van der Waals surface area contributed by atoms with Gasteiger partial charge in [0.25, 0.3) is 0 Å². The number of nitrogens with zero attached hydrogens (tertiary/aromatic N) is 5. The van der Waals surface area contributed by atoms with E-state index in [1.54, 1.807) is 54.6 Å². The van der Waals surface area contributed by atoms with Gasteiger partial charge in [0.2, 0.25) is 5.95 Å². The van der Waals surface area contributed by atoms with E-state index in [1.165, 1.54) is 9.13 Å². The molecule has 0 radical (unpaired) electrons. The van der Waals surface area contributed by atoms with Crippen LogP contribution in [0.4, 0.5) is 0 Å². The number of aromatic nitrogens is 5. The molecule has 0 bridgehead atoms. The van der Waals surface area contributed by atoms with Crippen molar-refractivity contribution in [3.8, 4) is 56.7 Å². The molecule has 0 fully saturated rings. The van der Waals surface area contributed by atoms with Crippen LogP contribution in [0.15, 0.2) is 200 Å². The van der Waals surface area contributed by atoms with E-state index >= 15 is 0 Å². The van der Waals surface area contributed by atoms with Crippen LogP contribution < -0.4 is 0 Å². The zero-order valence-electron chi connectivity index (χ0n) is 43.2. The van der Waals surface area contributed by atoms with Gasteiger partial charge in [0.05, 0.1) is 41.3 Å².